The van der Waals surface area contributed by atoms with Crippen LogP contribution in [-0.4, -0.2) is 67.1 Å². The molecule has 0 spiro atoms. The van der Waals surface area contributed by atoms with Crippen LogP contribution in [0.1, 0.15) is 12.8 Å². The summed E-state index contributed by atoms with van der Waals surface area (Å²) in [6.07, 6.45) is 1.99. The van der Waals surface area contributed by atoms with E-state index in [9.17, 15) is 14.5 Å². The highest BCUT2D eigenvalue weighted by atomic mass is 79.9. The number of piperidine rings is 1. The maximum Gasteiger partial charge on any atom is 0.273 e. The number of nitro benzene ring substituents is 1. The Morgan fingerprint density at radius 3 is 2.33 bits per heavy atom. The molecule has 3 rings (SSSR count). The van der Waals surface area contributed by atoms with Crippen molar-refractivity contribution in [3.63, 3.8) is 0 Å². The van der Waals surface area contributed by atoms with Crippen molar-refractivity contribution in [1.82, 2.24) is 9.80 Å². The van der Waals surface area contributed by atoms with Gasteiger partial charge >= 0.3 is 0 Å². The summed E-state index contributed by atoms with van der Waals surface area (Å²) in [6.45, 7) is 5.92. The normalized spacial score (nSPS) is 21.2. The third kappa shape index (κ3) is 3.70. The second kappa shape index (κ2) is 7.33. The molecule has 0 bridgehead atoms. The predicted octanol–water partition coefficient (Wildman–Crippen LogP) is 2.71. The Morgan fingerprint density at radius 1 is 1.17 bits per heavy atom. The van der Waals surface area contributed by atoms with Gasteiger partial charge in [-0.1, -0.05) is 0 Å². The SMILES string of the molecule is CN1CCN(C2CCN(c3c(F)cc([N+](=O)[O-])cc3Br)CC2)CC1. The zero-order valence-corrected chi connectivity index (χ0v) is 15.3. The summed E-state index contributed by atoms with van der Waals surface area (Å²) in [7, 11) is 2.15. The lowest BCUT2D eigenvalue weighted by molar-refractivity contribution is -0.385. The molecule has 0 radical (unpaired) electrons. The lowest BCUT2D eigenvalue weighted by Crippen LogP contribution is -2.52. The van der Waals surface area contributed by atoms with Crippen LogP contribution in [0.4, 0.5) is 15.8 Å². The fraction of sp³-hybridized carbons (Fsp3) is 0.625. The fourth-order valence-corrected chi connectivity index (χ4v) is 4.28. The van der Waals surface area contributed by atoms with Gasteiger partial charge in [-0.15, -0.1) is 0 Å². The van der Waals surface area contributed by atoms with Crippen molar-refractivity contribution in [3.8, 4) is 0 Å². The number of halogens is 2. The molecule has 2 aliphatic rings. The van der Waals surface area contributed by atoms with Crippen molar-refractivity contribution in [3.05, 3.63) is 32.5 Å². The minimum atomic E-state index is -0.572. The van der Waals surface area contributed by atoms with Gasteiger partial charge in [0.15, 0.2) is 5.82 Å². The van der Waals surface area contributed by atoms with Gasteiger partial charge < -0.3 is 9.80 Å². The minimum Gasteiger partial charge on any atom is -0.368 e. The van der Waals surface area contributed by atoms with E-state index >= 15 is 0 Å². The number of hydrogen-bond acceptors (Lipinski definition) is 5. The van der Waals surface area contributed by atoms with Crippen molar-refractivity contribution >= 4 is 27.3 Å². The summed E-state index contributed by atoms with van der Waals surface area (Å²) in [5.74, 6) is -0.533. The van der Waals surface area contributed by atoms with Gasteiger partial charge in [0.25, 0.3) is 5.69 Å². The van der Waals surface area contributed by atoms with E-state index in [-0.39, 0.29) is 5.69 Å². The molecular weight excluding hydrogens is 379 g/mol. The zero-order valence-electron chi connectivity index (χ0n) is 13.8. The first-order chi connectivity index (χ1) is 11.5. The lowest BCUT2D eigenvalue weighted by Gasteiger charge is -2.42. The van der Waals surface area contributed by atoms with E-state index in [1.54, 1.807) is 0 Å². The third-order valence-corrected chi connectivity index (χ3v) is 5.65. The topological polar surface area (TPSA) is 52.9 Å². The van der Waals surface area contributed by atoms with Crippen LogP contribution < -0.4 is 4.90 Å². The highest BCUT2D eigenvalue weighted by Crippen LogP contribution is 2.35. The molecule has 0 saturated carbocycles. The number of hydrogen-bond donors (Lipinski definition) is 0. The first-order valence-corrected chi connectivity index (χ1v) is 9.06. The summed E-state index contributed by atoms with van der Waals surface area (Å²) in [5.41, 5.74) is 0.216. The quantitative estimate of drug-likeness (QED) is 0.576. The van der Waals surface area contributed by atoms with Crippen molar-refractivity contribution in [1.29, 1.82) is 0 Å². The van der Waals surface area contributed by atoms with Crippen LogP contribution in [0, 0.1) is 15.9 Å². The summed E-state index contributed by atoms with van der Waals surface area (Å²) in [4.78, 5) is 17.1. The second-order valence-electron chi connectivity index (χ2n) is 6.57. The van der Waals surface area contributed by atoms with Gasteiger partial charge in [-0.2, -0.15) is 0 Å². The maximum absolute atomic E-state index is 14.4. The molecule has 2 fully saturated rings. The number of nitro groups is 1. The molecule has 2 aliphatic heterocycles. The van der Waals surface area contributed by atoms with Gasteiger partial charge in [0.2, 0.25) is 0 Å². The van der Waals surface area contributed by atoms with E-state index in [1.807, 2.05) is 4.90 Å². The smallest absolute Gasteiger partial charge is 0.273 e. The van der Waals surface area contributed by atoms with E-state index in [4.69, 9.17) is 0 Å². The first kappa shape index (κ1) is 17.6. The molecule has 6 nitrogen and oxygen atoms in total. The van der Waals surface area contributed by atoms with Crippen LogP contribution in [0.5, 0.6) is 0 Å². The number of rotatable bonds is 3. The summed E-state index contributed by atoms with van der Waals surface area (Å²) in [5, 5.41) is 10.8. The van der Waals surface area contributed by atoms with Gasteiger partial charge in [0.05, 0.1) is 21.1 Å². The van der Waals surface area contributed by atoms with Crippen molar-refractivity contribution in [2.24, 2.45) is 0 Å². The summed E-state index contributed by atoms with van der Waals surface area (Å²) in [6, 6.07) is 2.94. The van der Waals surface area contributed by atoms with Crippen LogP contribution in [0.2, 0.25) is 0 Å². The number of likely N-dealkylation sites (N-methyl/N-ethyl adjacent to an activating group) is 1. The summed E-state index contributed by atoms with van der Waals surface area (Å²) >= 11 is 3.30. The molecule has 24 heavy (non-hydrogen) atoms. The average Bonchev–Trinajstić information content (AvgIpc) is 2.55. The number of anilines is 1. The minimum absolute atomic E-state index is 0.226. The fourth-order valence-electron chi connectivity index (χ4n) is 3.60. The van der Waals surface area contributed by atoms with Crippen LogP contribution in [0.3, 0.4) is 0 Å². The molecule has 0 amide bonds. The number of benzene rings is 1. The van der Waals surface area contributed by atoms with Gasteiger partial charge in [0, 0.05) is 51.4 Å². The Morgan fingerprint density at radius 2 is 1.79 bits per heavy atom. The van der Waals surface area contributed by atoms with E-state index in [0.29, 0.717) is 16.2 Å². The van der Waals surface area contributed by atoms with Gasteiger partial charge in [-0.05, 0) is 35.8 Å². The second-order valence-corrected chi connectivity index (χ2v) is 7.43. The molecule has 1 aromatic carbocycles. The van der Waals surface area contributed by atoms with Crippen molar-refractivity contribution in [2.75, 3.05) is 51.2 Å². The molecule has 0 aromatic heterocycles. The van der Waals surface area contributed by atoms with E-state index in [1.165, 1.54) is 6.07 Å². The Kier molecular flexibility index (Phi) is 5.36. The van der Waals surface area contributed by atoms with Crippen LogP contribution in [0.15, 0.2) is 16.6 Å². The van der Waals surface area contributed by atoms with Gasteiger partial charge in [0.1, 0.15) is 0 Å². The molecule has 0 unspecified atom stereocenters. The monoisotopic (exact) mass is 400 g/mol. The third-order valence-electron chi connectivity index (χ3n) is 5.05. The van der Waals surface area contributed by atoms with Crippen LogP contribution in [0.25, 0.3) is 0 Å². The van der Waals surface area contributed by atoms with Crippen molar-refractivity contribution in [2.45, 2.75) is 18.9 Å². The van der Waals surface area contributed by atoms with E-state index in [0.717, 1.165) is 58.2 Å². The van der Waals surface area contributed by atoms with Crippen LogP contribution >= 0.6 is 15.9 Å². The molecule has 2 heterocycles. The Labute approximate surface area is 149 Å². The molecule has 2 saturated heterocycles. The Hall–Kier alpha value is -1.25. The number of nitrogens with zero attached hydrogens (tertiary/aromatic N) is 4. The standard InChI is InChI=1S/C16H22BrFN4O2/c1-19-6-8-20(9-7-19)12-2-4-21(5-3-12)16-14(17)10-13(22(23)24)11-15(16)18/h10-12H,2-9H2,1H3. The van der Waals surface area contributed by atoms with Crippen LogP contribution in [-0.2, 0) is 0 Å². The van der Waals surface area contributed by atoms with Gasteiger partial charge in [-0.25, -0.2) is 4.39 Å². The zero-order chi connectivity index (χ0) is 17.3. The first-order valence-electron chi connectivity index (χ1n) is 8.26. The molecule has 0 atom stereocenters. The maximum atomic E-state index is 14.4. The number of non-ortho nitro benzene ring substituents is 1. The lowest BCUT2D eigenvalue weighted by atomic mass is 10.0. The largest absolute Gasteiger partial charge is 0.368 e. The predicted molar refractivity (Wildman–Crippen MR) is 95.1 cm³/mol. The molecule has 0 aliphatic carbocycles. The average molecular weight is 401 g/mol. The highest BCUT2D eigenvalue weighted by molar-refractivity contribution is 9.10. The van der Waals surface area contributed by atoms with E-state index < -0.39 is 10.7 Å². The molecule has 1 aromatic rings. The number of piperazine rings is 1. The van der Waals surface area contributed by atoms with Gasteiger partial charge in [-0.3, -0.25) is 15.0 Å². The highest BCUT2D eigenvalue weighted by Gasteiger charge is 2.29. The van der Waals surface area contributed by atoms with Crippen molar-refractivity contribution < 1.29 is 9.31 Å². The molecule has 0 N–H and O–H groups in total. The Bertz CT molecular complexity index is 591. The Balaban J connectivity index is 1.65. The summed E-state index contributed by atoms with van der Waals surface area (Å²) < 4.78 is 14.8. The molecule has 132 valence electrons. The molecule has 8 heteroatoms. The molecular formula is C16H22BrFN4O2. The van der Waals surface area contributed by atoms with E-state index in [2.05, 4.69) is 32.8 Å².